The van der Waals surface area contributed by atoms with Gasteiger partial charge >= 0.3 is 0 Å². The fourth-order valence-electron chi connectivity index (χ4n) is 3.71. The zero-order valence-corrected chi connectivity index (χ0v) is 14.8. The van der Waals surface area contributed by atoms with Gasteiger partial charge in [-0.3, -0.25) is 0 Å². The quantitative estimate of drug-likeness (QED) is 0.702. The van der Waals surface area contributed by atoms with E-state index in [1.165, 1.54) is 32.1 Å². The molecule has 0 aliphatic carbocycles. The Hall–Kier alpha value is -0.800. The first-order valence-corrected chi connectivity index (χ1v) is 8.78. The molecule has 2 heterocycles. The van der Waals surface area contributed by atoms with E-state index in [1.807, 2.05) is 12.1 Å². The van der Waals surface area contributed by atoms with Crippen molar-refractivity contribution in [2.75, 3.05) is 13.2 Å². The number of rotatable bonds is 8. The summed E-state index contributed by atoms with van der Waals surface area (Å²) in [7, 11) is 0. The average molecular weight is 307 g/mol. The highest BCUT2D eigenvalue weighted by Crippen LogP contribution is 2.45. The van der Waals surface area contributed by atoms with E-state index in [9.17, 15) is 0 Å². The number of furan rings is 1. The molecule has 1 saturated heterocycles. The van der Waals surface area contributed by atoms with E-state index >= 15 is 0 Å². The molecule has 0 bridgehead atoms. The Labute approximate surface area is 135 Å². The van der Waals surface area contributed by atoms with Crippen molar-refractivity contribution in [3.8, 4) is 0 Å². The molecular weight excluding hydrogens is 274 g/mol. The zero-order chi connectivity index (χ0) is 16.1. The summed E-state index contributed by atoms with van der Waals surface area (Å²) in [4.78, 5) is 0. The van der Waals surface area contributed by atoms with Gasteiger partial charge in [-0.05, 0) is 69.5 Å². The van der Waals surface area contributed by atoms with Gasteiger partial charge < -0.3 is 14.5 Å². The second-order valence-corrected chi connectivity index (χ2v) is 7.97. The minimum absolute atomic E-state index is 0.0240. The van der Waals surface area contributed by atoms with Crippen LogP contribution in [0.2, 0.25) is 0 Å². The second-order valence-electron chi connectivity index (χ2n) is 7.97. The lowest BCUT2D eigenvalue weighted by atomic mass is 9.68. The maximum atomic E-state index is 5.96. The van der Waals surface area contributed by atoms with Gasteiger partial charge in [0.05, 0.1) is 18.4 Å². The van der Waals surface area contributed by atoms with Crippen LogP contribution in [-0.4, -0.2) is 18.8 Å². The fraction of sp³-hybridized carbons (Fsp3) is 0.789. The van der Waals surface area contributed by atoms with E-state index in [2.05, 4.69) is 33.0 Å². The summed E-state index contributed by atoms with van der Waals surface area (Å²) in [5.74, 6) is 1.79. The van der Waals surface area contributed by atoms with Crippen LogP contribution in [0.15, 0.2) is 22.8 Å². The molecule has 1 aliphatic rings. The summed E-state index contributed by atoms with van der Waals surface area (Å²) in [5.41, 5.74) is 0.457. The SMILES string of the molecule is CC(C)CCC1(CCNCc2ccco2)CCOC(C)(C)C1. The molecule has 1 aromatic heterocycles. The number of ether oxygens (including phenoxy) is 1. The first-order chi connectivity index (χ1) is 10.4. The standard InChI is InChI=1S/C19H33NO2/c1-16(2)7-8-19(10-13-22-18(3,4)15-19)9-11-20-14-17-6-5-12-21-17/h5-6,12,16,20H,7-11,13-15H2,1-4H3. The Morgan fingerprint density at radius 3 is 2.73 bits per heavy atom. The summed E-state index contributed by atoms with van der Waals surface area (Å²) in [5, 5.41) is 3.54. The van der Waals surface area contributed by atoms with Gasteiger partial charge in [0.2, 0.25) is 0 Å². The van der Waals surface area contributed by atoms with Crippen LogP contribution < -0.4 is 5.32 Å². The highest BCUT2D eigenvalue weighted by atomic mass is 16.5. The molecule has 3 nitrogen and oxygen atoms in total. The van der Waals surface area contributed by atoms with Crippen molar-refractivity contribution in [3.63, 3.8) is 0 Å². The molecule has 0 amide bonds. The Morgan fingerprint density at radius 2 is 2.09 bits per heavy atom. The van der Waals surface area contributed by atoms with Gasteiger partial charge in [-0.1, -0.05) is 20.3 Å². The third kappa shape index (κ3) is 5.44. The van der Waals surface area contributed by atoms with Crippen molar-refractivity contribution >= 4 is 0 Å². The molecule has 1 unspecified atom stereocenters. The summed E-state index contributed by atoms with van der Waals surface area (Å²) >= 11 is 0. The van der Waals surface area contributed by atoms with E-state index in [1.54, 1.807) is 6.26 Å². The van der Waals surface area contributed by atoms with E-state index in [0.717, 1.165) is 31.4 Å². The molecule has 126 valence electrons. The van der Waals surface area contributed by atoms with Gasteiger partial charge in [0.25, 0.3) is 0 Å². The summed E-state index contributed by atoms with van der Waals surface area (Å²) in [6.07, 6.45) is 7.98. The predicted octanol–water partition coefficient (Wildman–Crippen LogP) is 4.77. The molecule has 1 atom stereocenters. The summed E-state index contributed by atoms with van der Waals surface area (Å²) in [6.45, 7) is 11.9. The zero-order valence-electron chi connectivity index (χ0n) is 14.8. The summed E-state index contributed by atoms with van der Waals surface area (Å²) in [6, 6.07) is 3.97. The lowest BCUT2D eigenvalue weighted by Gasteiger charge is -2.45. The van der Waals surface area contributed by atoms with E-state index < -0.39 is 0 Å². The number of hydrogen-bond donors (Lipinski definition) is 1. The van der Waals surface area contributed by atoms with Crippen LogP contribution in [0.1, 0.15) is 65.6 Å². The van der Waals surface area contributed by atoms with Crippen molar-refractivity contribution in [3.05, 3.63) is 24.2 Å². The van der Waals surface area contributed by atoms with Crippen molar-refractivity contribution in [1.82, 2.24) is 5.32 Å². The molecule has 0 aromatic carbocycles. The molecule has 0 spiro atoms. The molecule has 2 rings (SSSR count). The molecule has 1 N–H and O–H groups in total. The van der Waals surface area contributed by atoms with Crippen LogP contribution in [0.3, 0.4) is 0 Å². The lowest BCUT2D eigenvalue weighted by molar-refractivity contribution is -0.110. The third-order valence-corrected chi connectivity index (χ3v) is 4.89. The van der Waals surface area contributed by atoms with Crippen LogP contribution in [-0.2, 0) is 11.3 Å². The highest BCUT2D eigenvalue weighted by molar-refractivity contribution is 4.97. The van der Waals surface area contributed by atoms with Gasteiger partial charge in [-0.15, -0.1) is 0 Å². The smallest absolute Gasteiger partial charge is 0.117 e. The maximum Gasteiger partial charge on any atom is 0.117 e. The highest BCUT2D eigenvalue weighted by Gasteiger charge is 2.40. The van der Waals surface area contributed by atoms with Crippen molar-refractivity contribution in [1.29, 1.82) is 0 Å². The Balaban J connectivity index is 1.86. The van der Waals surface area contributed by atoms with Crippen LogP contribution >= 0.6 is 0 Å². The van der Waals surface area contributed by atoms with Crippen molar-refractivity contribution in [2.24, 2.45) is 11.3 Å². The van der Waals surface area contributed by atoms with Crippen LogP contribution in [0, 0.1) is 11.3 Å². The molecule has 0 saturated carbocycles. The maximum absolute atomic E-state index is 5.96. The van der Waals surface area contributed by atoms with Crippen LogP contribution in [0.4, 0.5) is 0 Å². The molecule has 22 heavy (non-hydrogen) atoms. The Bertz CT molecular complexity index is 425. The lowest BCUT2D eigenvalue weighted by Crippen LogP contribution is -2.42. The fourth-order valence-corrected chi connectivity index (χ4v) is 3.71. The van der Waals surface area contributed by atoms with E-state index in [4.69, 9.17) is 9.15 Å². The average Bonchev–Trinajstić information content (AvgIpc) is 2.94. The second kappa shape index (κ2) is 7.65. The van der Waals surface area contributed by atoms with Crippen LogP contribution in [0.25, 0.3) is 0 Å². The number of hydrogen-bond acceptors (Lipinski definition) is 3. The van der Waals surface area contributed by atoms with E-state index in [-0.39, 0.29) is 5.60 Å². The Kier molecular flexibility index (Phi) is 6.10. The van der Waals surface area contributed by atoms with Gasteiger partial charge in [0, 0.05) is 6.61 Å². The molecule has 1 aromatic rings. The minimum atomic E-state index is 0.0240. The largest absolute Gasteiger partial charge is 0.468 e. The first kappa shape index (κ1) is 17.6. The van der Waals surface area contributed by atoms with Gasteiger partial charge in [0.15, 0.2) is 0 Å². The third-order valence-electron chi connectivity index (χ3n) is 4.89. The van der Waals surface area contributed by atoms with Crippen LogP contribution in [0.5, 0.6) is 0 Å². The number of nitrogens with one attached hydrogen (secondary N) is 1. The normalized spacial score (nSPS) is 24.8. The monoisotopic (exact) mass is 307 g/mol. The van der Waals surface area contributed by atoms with Gasteiger partial charge in [0.1, 0.15) is 5.76 Å². The van der Waals surface area contributed by atoms with E-state index in [0.29, 0.717) is 5.41 Å². The van der Waals surface area contributed by atoms with Crippen molar-refractivity contribution in [2.45, 2.75) is 71.9 Å². The predicted molar refractivity (Wildman–Crippen MR) is 90.8 cm³/mol. The van der Waals surface area contributed by atoms with Gasteiger partial charge in [-0.2, -0.15) is 0 Å². The summed E-state index contributed by atoms with van der Waals surface area (Å²) < 4.78 is 11.3. The molecule has 1 fully saturated rings. The first-order valence-electron chi connectivity index (χ1n) is 8.78. The molecule has 3 heteroatoms. The molecular formula is C19H33NO2. The van der Waals surface area contributed by atoms with Crippen molar-refractivity contribution < 1.29 is 9.15 Å². The Morgan fingerprint density at radius 1 is 1.27 bits per heavy atom. The minimum Gasteiger partial charge on any atom is -0.468 e. The molecule has 0 radical (unpaired) electrons. The topological polar surface area (TPSA) is 34.4 Å². The van der Waals surface area contributed by atoms with Gasteiger partial charge in [-0.25, -0.2) is 0 Å². The molecule has 1 aliphatic heterocycles.